The molecule has 0 amide bonds. The van der Waals surface area contributed by atoms with Crippen LogP contribution in [0, 0.1) is 17.7 Å². The van der Waals surface area contributed by atoms with Gasteiger partial charge in [-0.1, -0.05) is 26.0 Å². The molecule has 0 heterocycles. The standard InChI is InChI=1S/C17H26FNO/c1-13(2)9-11-20-12-10-19-17(14-3-4-14)15-5-7-16(18)8-6-15/h5-8,13-14,17,19H,3-4,9-12H2,1-2H3. The van der Waals surface area contributed by atoms with E-state index in [2.05, 4.69) is 19.2 Å². The van der Waals surface area contributed by atoms with Gasteiger partial charge in [-0.3, -0.25) is 0 Å². The molecule has 0 bridgehead atoms. The van der Waals surface area contributed by atoms with Gasteiger partial charge >= 0.3 is 0 Å². The topological polar surface area (TPSA) is 21.3 Å². The van der Waals surface area contributed by atoms with Gasteiger partial charge in [-0.2, -0.15) is 0 Å². The Morgan fingerprint density at radius 3 is 2.50 bits per heavy atom. The van der Waals surface area contributed by atoms with Crippen LogP contribution >= 0.6 is 0 Å². The molecular formula is C17H26FNO. The molecular weight excluding hydrogens is 253 g/mol. The minimum Gasteiger partial charge on any atom is -0.380 e. The van der Waals surface area contributed by atoms with Crippen LogP contribution in [0.15, 0.2) is 24.3 Å². The minimum absolute atomic E-state index is 0.166. The highest BCUT2D eigenvalue weighted by Crippen LogP contribution is 2.40. The zero-order chi connectivity index (χ0) is 14.4. The molecule has 112 valence electrons. The quantitative estimate of drug-likeness (QED) is 0.692. The van der Waals surface area contributed by atoms with Crippen molar-refractivity contribution in [3.63, 3.8) is 0 Å². The summed E-state index contributed by atoms with van der Waals surface area (Å²) in [6.45, 7) is 6.86. The van der Waals surface area contributed by atoms with E-state index in [0.717, 1.165) is 26.2 Å². The molecule has 0 aliphatic heterocycles. The van der Waals surface area contributed by atoms with Gasteiger partial charge in [-0.05, 0) is 48.8 Å². The zero-order valence-corrected chi connectivity index (χ0v) is 12.6. The predicted molar refractivity (Wildman–Crippen MR) is 80.1 cm³/mol. The highest BCUT2D eigenvalue weighted by atomic mass is 19.1. The Kier molecular flexibility index (Phi) is 5.99. The highest BCUT2D eigenvalue weighted by molar-refractivity contribution is 5.21. The first kappa shape index (κ1) is 15.5. The number of nitrogens with one attached hydrogen (secondary N) is 1. The van der Waals surface area contributed by atoms with E-state index in [1.807, 2.05) is 12.1 Å². The molecule has 2 nitrogen and oxygen atoms in total. The SMILES string of the molecule is CC(C)CCOCCNC(c1ccc(F)cc1)C1CC1. The van der Waals surface area contributed by atoms with Crippen molar-refractivity contribution >= 4 is 0 Å². The molecule has 1 aromatic rings. The van der Waals surface area contributed by atoms with Crippen LogP contribution in [0.1, 0.15) is 44.7 Å². The molecule has 1 atom stereocenters. The van der Waals surface area contributed by atoms with Crippen LogP contribution in [0.2, 0.25) is 0 Å². The normalized spacial score (nSPS) is 16.6. The van der Waals surface area contributed by atoms with Crippen molar-refractivity contribution in [3.05, 3.63) is 35.6 Å². The number of halogens is 1. The highest BCUT2D eigenvalue weighted by Gasteiger charge is 2.31. The molecule has 1 fully saturated rings. The van der Waals surface area contributed by atoms with Crippen LogP contribution in [0.3, 0.4) is 0 Å². The molecule has 1 unspecified atom stereocenters. The summed E-state index contributed by atoms with van der Waals surface area (Å²) in [7, 11) is 0. The fourth-order valence-corrected chi connectivity index (χ4v) is 2.36. The van der Waals surface area contributed by atoms with Crippen molar-refractivity contribution in [2.45, 2.75) is 39.2 Å². The van der Waals surface area contributed by atoms with Crippen LogP contribution in [-0.2, 0) is 4.74 Å². The van der Waals surface area contributed by atoms with E-state index in [1.54, 1.807) is 12.1 Å². The summed E-state index contributed by atoms with van der Waals surface area (Å²) < 4.78 is 18.6. The van der Waals surface area contributed by atoms with Crippen LogP contribution in [-0.4, -0.2) is 19.8 Å². The van der Waals surface area contributed by atoms with Crippen LogP contribution in [0.5, 0.6) is 0 Å². The van der Waals surface area contributed by atoms with E-state index in [-0.39, 0.29) is 5.82 Å². The third kappa shape index (κ3) is 5.22. The number of hydrogen-bond donors (Lipinski definition) is 1. The molecule has 1 N–H and O–H groups in total. The van der Waals surface area contributed by atoms with Crippen molar-refractivity contribution < 1.29 is 9.13 Å². The van der Waals surface area contributed by atoms with Gasteiger partial charge in [0.05, 0.1) is 6.61 Å². The fraction of sp³-hybridized carbons (Fsp3) is 0.647. The molecule has 0 aromatic heterocycles. The molecule has 0 spiro atoms. The Morgan fingerprint density at radius 2 is 1.90 bits per heavy atom. The van der Waals surface area contributed by atoms with Crippen molar-refractivity contribution in [3.8, 4) is 0 Å². The fourth-order valence-electron chi connectivity index (χ4n) is 2.36. The Hall–Kier alpha value is -0.930. The predicted octanol–water partition coefficient (Wildman–Crippen LogP) is 3.93. The zero-order valence-electron chi connectivity index (χ0n) is 12.6. The minimum atomic E-state index is -0.166. The van der Waals surface area contributed by atoms with Crippen LogP contribution in [0.4, 0.5) is 4.39 Å². The van der Waals surface area contributed by atoms with E-state index in [0.29, 0.717) is 17.9 Å². The summed E-state index contributed by atoms with van der Waals surface area (Å²) in [6.07, 6.45) is 3.65. The Balaban J connectivity index is 1.72. The molecule has 3 heteroatoms. The van der Waals surface area contributed by atoms with Crippen molar-refractivity contribution in [2.75, 3.05) is 19.8 Å². The first-order valence-electron chi connectivity index (χ1n) is 7.73. The average molecular weight is 279 g/mol. The lowest BCUT2D eigenvalue weighted by Crippen LogP contribution is -2.27. The van der Waals surface area contributed by atoms with Gasteiger partial charge in [0.2, 0.25) is 0 Å². The van der Waals surface area contributed by atoms with Crippen molar-refractivity contribution in [2.24, 2.45) is 11.8 Å². The lowest BCUT2D eigenvalue weighted by atomic mass is 10.0. The number of ether oxygens (including phenoxy) is 1. The molecule has 1 aromatic carbocycles. The lowest BCUT2D eigenvalue weighted by Gasteiger charge is -2.19. The van der Waals surface area contributed by atoms with Gasteiger partial charge in [-0.15, -0.1) is 0 Å². The maximum atomic E-state index is 13.0. The monoisotopic (exact) mass is 279 g/mol. The third-order valence-corrected chi connectivity index (χ3v) is 3.77. The van der Waals surface area contributed by atoms with Gasteiger partial charge in [0.1, 0.15) is 5.82 Å². The van der Waals surface area contributed by atoms with Gasteiger partial charge in [-0.25, -0.2) is 4.39 Å². The van der Waals surface area contributed by atoms with Gasteiger partial charge in [0.25, 0.3) is 0 Å². The molecule has 2 rings (SSSR count). The smallest absolute Gasteiger partial charge is 0.123 e. The van der Waals surface area contributed by atoms with Crippen LogP contribution in [0.25, 0.3) is 0 Å². The average Bonchev–Trinajstić information content (AvgIpc) is 3.23. The summed E-state index contributed by atoms with van der Waals surface area (Å²) in [4.78, 5) is 0. The van der Waals surface area contributed by atoms with Crippen LogP contribution < -0.4 is 5.32 Å². The largest absolute Gasteiger partial charge is 0.380 e. The number of benzene rings is 1. The lowest BCUT2D eigenvalue weighted by molar-refractivity contribution is 0.122. The summed E-state index contributed by atoms with van der Waals surface area (Å²) in [5.74, 6) is 1.23. The first-order valence-corrected chi connectivity index (χ1v) is 7.73. The summed E-state index contributed by atoms with van der Waals surface area (Å²) in [6, 6.07) is 7.23. The van der Waals surface area contributed by atoms with Gasteiger partial charge in [0, 0.05) is 19.2 Å². The van der Waals surface area contributed by atoms with E-state index < -0.39 is 0 Å². The molecule has 1 saturated carbocycles. The van der Waals surface area contributed by atoms with E-state index in [4.69, 9.17) is 4.74 Å². The Labute approximate surface area is 121 Å². The second-order valence-corrected chi connectivity index (χ2v) is 6.12. The number of hydrogen-bond acceptors (Lipinski definition) is 2. The van der Waals surface area contributed by atoms with Gasteiger partial charge in [0.15, 0.2) is 0 Å². The first-order chi connectivity index (χ1) is 9.66. The van der Waals surface area contributed by atoms with E-state index >= 15 is 0 Å². The number of rotatable bonds is 9. The molecule has 0 radical (unpaired) electrons. The Morgan fingerprint density at radius 1 is 1.20 bits per heavy atom. The van der Waals surface area contributed by atoms with E-state index in [9.17, 15) is 4.39 Å². The molecule has 20 heavy (non-hydrogen) atoms. The van der Waals surface area contributed by atoms with E-state index in [1.165, 1.54) is 18.4 Å². The molecule has 1 aliphatic carbocycles. The molecule has 0 saturated heterocycles. The molecule has 1 aliphatic rings. The summed E-state index contributed by atoms with van der Waals surface area (Å²) in [5.41, 5.74) is 1.19. The third-order valence-electron chi connectivity index (χ3n) is 3.77. The second-order valence-electron chi connectivity index (χ2n) is 6.12. The van der Waals surface area contributed by atoms with Gasteiger partial charge < -0.3 is 10.1 Å². The van der Waals surface area contributed by atoms with Crippen molar-refractivity contribution in [1.29, 1.82) is 0 Å². The summed E-state index contributed by atoms with van der Waals surface area (Å²) in [5, 5.41) is 3.56. The van der Waals surface area contributed by atoms with Crippen molar-refractivity contribution in [1.82, 2.24) is 5.32 Å². The Bertz CT molecular complexity index is 386. The summed E-state index contributed by atoms with van der Waals surface area (Å²) >= 11 is 0. The maximum Gasteiger partial charge on any atom is 0.123 e. The maximum absolute atomic E-state index is 13.0. The second kappa shape index (κ2) is 7.75.